The molecule has 1 aliphatic carbocycles. The molecule has 1 amide bonds. The molecule has 2 aromatic heterocycles. The Hall–Kier alpha value is -2.49. The monoisotopic (exact) mass is 444 g/mol. The van der Waals surface area contributed by atoms with Crippen LogP contribution in [-0.2, 0) is 23.0 Å². The van der Waals surface area contributed by atoms with E-state index in [0.29, 0.717) is 5.56 Å². The number of aromatic nitrogens is 2. The lowest BCUT2D eigenvalue weighted by Gasteiger charge is -2.24. The second-order valence-electron chi connectivity index (χ2n) is 7.17. The Morgan fingerprint density at radius 2 is 2.17 bits per heavy atom. The van der Waals surface area contributed by atoms with Gasteiger partial charge in [0.15, 0.2) is 0 Å². The molecular weight excluding hydrogens is 420 g/mol. The third-order valence-corrected chi connectivity index (χ3v) is 7.78. The molecule has 7 nitrogen and oxygen atoms in total. The fourth-order valence-electron chi connectivity index (χ4n) is 3.92. The molecule has 0 radical (unpaired) electrons. The van der Waals surface area contributed by atoms with Gasteiger partial charge in [0.2, 0.25) is 10.0 Å². The molecule has 30 heavy (non-hydrogen) atoms. The highest BCUT2D eigenvalue weighted by Gasteiger charge is 2.27. The zero-order valence-electron chi connectivity index (χ0n) is 16.9. The van der Waals surface area contributed by atoms with Crippen LogP contribution < -0.4 is 10.0 Å². The molecule has 3 aromatic rings. The zero-order valence-corrected chi connectivity index (χ0v) is 18.5. The van der Waals surface area contributed by atoms with E-state index in [0.717, 1.165) is 41.8 Å². The van der Waals surface area contributed by atoms with E-state index in [1.165, 1.54) is 36.2 Å². The number of rotatable bonds is 6. The molecular formula is C21H24N4O3S2. The maximum atomic E-state index is 13.3. The van der Waals surface area contributed by atoms with Gasteiger partial charge in [-0.15, -0.1) is 11.3 Å². The SMILES string of the molecule is CCn1ncc2c1CCCC2NC(=O)c1cc(S(=O)(=O)NC)ccc1-c1cccs1. The summed E-state index contributed by atoms with van der Waals surface area (Å²) in [6.07, 6.45) is 4.59. The van der Waals surface area contributed by atoms with Gasteiger partial charge in [0.05, 0.1) is 17.1 Å². The van der Waals surface area contributed by atoms with Crippen LogP contribution in [0.1, 0.15) is 47.4 Å². The average Bonchev–Trinajstić information content (AvgIpc) is 3.43. The van der Waals surface area contributed by atoms with E-state index >= 15 is 0 Å². The van der Waals surface area contributed by atoms with Gasteiger partial charge >= 0.3 is 0 Å². The summed E-state index contributed by atoms with van der Waals surface area (Å²) in [5.74, 6) is -0.284. The van der Waals surface area contributed by atoms with Gasteiger partial charge in [-0.25, -0.2) is 13.1 Å². The first-order valence-corrected chi connectivity index (χ1v) is 12.3. The van der Waals surface area contributed by atoms with Crippen LogP contribution in [0.3, 0.4) is 0 Å². The number of hydrogen-bond acceptors (Lipinski definition) is 5. The van der Waals surface area contributed by atoms with Crippen molar-refractivity contribution in [2.45, 2.75) is 43.7 Å². The van der Waals surface area contributed by atoms with Crippen LogP contribution in [0.15, 0.2) is 46.8 Å². The average molecular weight is 445 g/mol. The molecule has 2 N–H and O–H groups in total. The van der Waals surface area contributed by atoms with Gasteiger partial charge in [-0.05, 0) is 56.8 Å². The van der Waals surface area contributed by atoms with Crippen LogP contribution in [0.5, 0.6) is 0 Å². The summed E-state index contributed by atoms with van der Waals surface area (Å²) < 4.78 is 28.9. The van der Waals surface area contributed by atoms with Gasteiger partial charge in [0.25, 0.3) is 5.91 Å². The first-order valence-electron chi connectivity index (χ1n) is 9.91. The molecule has 0 fully saturated rings. The molecule has 158 valence electrons. The Balaban J connectivity index is 1.71. The molecule has 2 heterocycles. The highest BCUT2D eigenvalue weighted by molar-refractivity contribution is 7.89. The molecule has 1 aromatic carbocycles. The van der Waals surface area contributed by atoms with E-state index in [1.54, 1.807) is 6.07 Å². The van der Waals surface area contributed by atoms with Crippen molar-refractivity contribution >= 4 is 27.3 Å². The topological polar surface area (TPSA) is 93.1 Å². The normalized spacial score (nSPS) is 16.3. The van der Waals surface area contributed by atoms with Crippen molar-refractivity contribution < 1.29 is 13.2 Å². The summed E-state index contributed by atoms with van der Waals surface area (Å²) >= 11 is 1.51. The van der Waals surface area contributed by atoms with Crippen LogP contribution in [0, 0.1) is 0 Å². The maximum absolute atomic E-state index is 13.3. The minimum Gasteiger partial charge on any atom is -0.345 e. The highest BCUT2D eigenvalue weighted by atomic mass is 32.2. The number of sulfonamides is 1. The number of benzene rings is 1. The largest absolute Gasteiger partial charge is 0.345 e. The van der Waals surface area contributed by atoms with Gasteiger partial charge in [0.1, 0.15) is 0 Å². The molecule has 1 aliphatic rings. The molecule has 0 bridgehead atoms. The first kappa shape index (κ1) is 20.8. The predicted octanol–water partition coefficient (Wildman–Crippen LogP) is 3.35. The lowest BCUT2D eigenvalue weighted by Crippen LogP contribution is -2.31. The lowest BCUT2D eigenvalue weighted by molar-refractivity contribution is 0.0933. The quantitative estimate of drug-likeness (QED) is 0.610. The third kappa shape index (κ3) is 3.80. The Kier molecular flexibility index (Phi) is 5.77. The van der Waals surface area contributed by atoms with Gasteiger partial charge in [0, 0.05) is 33.8 Å². The van der Waals surface area contributed by atoms with E-state index in [1.807, 2.05) is 28.4 Å². The van der Waals surface area contributed by atoms with Crippen molar-refractivity contribution in [2.75, 3.05) is 7.05 Å². The molecule has 1 unspecified atom stereocenters. The molecule has 0 saturated carbocycles. The van der Waals surface area contributed by atoms with E-state index < -0.39 is 10.0 Å². The van der Waals surface area contributed by atoms with Crippen molar-refractivity contribution in [3.8, 4) is 10.4 Å². The van der Waals surface area contributed by atoms with Crippen molar-refractivity contribution in [2.24, 2.45) is 0 Å². The number of aryl methyl sites for hydroxylation is 1. The second-order valence-corrected chi connectivity index (χ2v) is 10.0. The van der Waals surface area contributed by atoms with Gasteiger partial charge in [-0.3, -0.25) is 9.48 Å². The van der Waals surface area contributed by atoms with Crippen LogP contribution in [0.2, 0.25) is 0 Å². The van der Waals surface area contributed by atoms with E-state index in [2.05, 4.69) is 22.1 Å². The molecule has 0 saturated heterocycles. The minimum absolute atomic E-state index is 0.0681. The molecule has 1 atom stereocenters. The Labute approximate surface area is 180 Å². The standard InChI is InChI=1S/C21H24N4O3S2/c1-3-25-19-7-4-6-18(17(19)13-23-25)24-21(26)16-12-14(30(27,28)22-2)9-10-15(16)20-8-5-11-29-20/h5,8-13,18,22H,3-4,6-7H2,1-2H3,(H,24,26). The Morgan fingerprint density at radius 1 is 1.33 bits per heavy atom. The molecule has 9 heteroatoms. The second kappa shape index (κ2) is 8.33. The van der Waals surface area contributed by atoms with Crippen molar-refractivity contribution in [1.82, 2.24) is 19.8 Å². The van der Waals surface area contributed by atoms with Crippen LogP contribution in [-0.4, -0.2) is 31.2 Å². The number of thiophene rings is 1. The lowest BCUT2D eigenvalue weighted by atomic mass is 9.92. The number of hydrogen-bond donors (Lipinski definition) is 2. The molecule has 0 spiro atoms. The summed E-state index contributed by atoms with van der Waals surface area (Å²) in [5.41, 5.74) is 3.29. The number of nitrogens with zero attached hydrogens (tertiary/aromatic N) is 2. The Bertz CT molecular complexity index is 1170. The zero-order chi connectivity index (χ0) is 21.3. The first-order chi connectivity index (χ1) is 14.4. The number of nitrogens with one attached hydrogen (secondary N) is 2. The van der Waals surface area contributed by atoms with E-state index in [9.17, 15) is 13.2 Å². The predicted molar refractivity (Wildman–Crippen MR) is 117 cm³/mol. The summed E-state index contributed by atoms with van der Waals surface area (Å²) in [6.45, 7) is 2.85. The number of carbonyl (C=O) groups is 1. The van der Waals surface area contributed by atoms with Crippen molar-refractivity contribution in [3.63, 3.8) is 0 Å². The minimum atomic E-state index is -3.66. The van der Waals surface area contributed by atoms with Gasteiger partial charge in [-0.1, -0.05) is 12.1 Å². The number of carbonyl (C=O) groups excluding carboxylic acids is 1. The summed E-state index contributed by atoms with van der Waals surface area (Å²) in [5, 5.41) is 9.50. The summed E-state index contributed by atoms with van der Waals surface area (Å²) in [6, 6.07) is 8.38. The van der Waals surface area contributed by atoms with Gasteiger partial charge < -0.3 is 5.32 Å². The summed E-state index contributed by atoms with van der Waals surface area (Å²) in [7, 11) is -2.30. The number of amides is 1. The highest BCUT2D eigenvalue weighted by Crippen LogP contribution is 2.33. The van der Waals surface area contributed by atoms with Crippen molar-refractivity contribution in [3.05, 3.63) is 58.7 Å². The molecule has 0 aliphatic heterocycles. The fourth-order valence-corrected chi connectivity index (χ4v) is 5.44. The van der Waals surface area contributed by atoms with Crippen molar-refractivity contribution in [1.29, 1.82) is 0 Å². The molecule has 4 rings (SSSR count). The fraction of sp³-hybridized carbons (Fsp3) is 0.333. The van der Waals surface area contributed by atoms with E-state index in [4.69, 9.17) is 0 Å². The Morgan fingerprint density at radius 3 is 2.87 bits per heavy atom. The maximum Gasteiger partial charge on any atom is 0.252 e. The van der Waals surface area contributed by atoms with E-state index in [-0.39, 0.29) is 16.8 Å². The van der Waals surface area contributed by atoms with Crippen LogP contribution in [0.4, 0.5) is 0 Å². The van der Waals surface area contributed by atoms with Gasteiger partial charge in [-0.2, -0.15) is 5.10 Å². The smallest absolute Gasteiger partial charge is 0.252 e. The summed E-state index contributed by atoms with van der Waals surface area (Å²) in [4.78, 5) is 14.3. The third-order valence-electron chi connectivity index (χ3n) is 5.47. The van der Waals surface area contributed by atoms with Crippen LogP contribution >= 0.6 is 11.3 Å². The van der Waals surface area contributed by atoms with Crippen LogP contribution in [0.25, 0.3) is 10.4 Å². The number of fused-ring (bicyclic) bond motifs is 1.